The topological polar surface area (TPSA) is 49.8 Å². The number of likely N-dealkylation sites (N-methyl/N-ethyl adjacent to an activating group) is 1. The standard InChI is InChI=1S/C16H18FNO3/c1-11-15(7-9-21-11)18(2)16(20)13-6-5-12(4-3-8-19)10-14(13)17/h5-6,10-11,15,19H,7-9H2,1-2H3. The molecule has 1 fully saturated rings. The number of halogens is 1. The molecule has 2 unspecified atom stereocenters. The van der Waals surface area contributed by atoms with E-state index in [1.807, 2.05) is 6.92 Å². The Labute approximate surface area is 123 Å². The smallest absolute Gasteiger partial charge is 0.256 e. The van der Waals surface area contributed by atoms with Crippen molar-refractivity contribution in [1.82, 2.24) is 4.90 Å². The molecule has 21 heavy (non-hydrogen) atoms. The van der Waals surface area contributed by atoms with Gasteiger partial charge in [0.05, 0.1) is 17.7 Å². The molecule has 1 aromatic rings. The van der Waals surface area contributed by atoms with Crippen LogP contribution in [0.1, 0.15) is 29.3 Å². The lowest BCUT2D eigenvalue weighted by atomic mass is 10.1. The number of carbonyl (C=O) groups is 1. The molecular formula is C16H18FNO3. The van der Waals surface area contributed by atoms with Crippen LogP contribution in [0.15, 0.2) is 18.2 Å². The zero-order chi connectivity index (χ0) is 15.4. The first-order chi connectivity index (χ1) is 10.0. The van der Waals surface area contributed by atoms with Gasteiger partial charge in [0.15, 0.2) is 0 Å². The van der Waals surface area contributed by atoms with Gasteiger partial charge in [-0.1, -0.05) is 11.8 Å². The SMILES string of the molecule is CC1OCCC1N(C)C(=O)c1ccc(C#CCO)cc1F. The molecule has 1 aromatic carbocycles. The van der Waals surface area contributed by atoms with Gasteiger partial charge in [0.1, 0.15) is 12.4 Å². The Hall–Kier alpha value is -1.90. The second-order valence-corrected chi connectivity index (χ2v) is 5.00. The minimum absolute atomic E-state index is 0.0196. The lowest BCUT2D eigenvalue weighted by Crippen LogP contribution is -2.41. The van der Waals surface area contributed by atoms with E-state index in [1.165, 1.54) is 17.0 Å². The molecule has 0 spiro atoms. The van der Waals surface area contributed by atoms with E-state index >= 15 is 0 Å². The molecule has 112 valence electrons. The van der Waals surface area contributed by atoms with Crippen molar-refractivity contribution in [2.24, 2.45) is 0 Å². The molecule has 2 atom stereocenters. The van der Waals surface area contributed by atoms with E-state index in [4.69, 9.17) is 9.84 Å². The van der Waals surface area contributed by atoms with Crippen LogP contribution in [0, 0.1) is 17.7 Å². The molecule has 0 saturated carbocycles. The Morgan fingerprint density at radius 1 is 1.57 bits per heavy atom. The summed E-state index contributed by atoms with van der Waals surface area (Å²) in [6.07, 6.45) is 0.710. The summed E-state index contributed by atoms with van der Waals surface area (Å²) in [7, 11) is 1.66. The second kappa shape index (κ2) is 6.70. The minimum Gasteiger partial charge on any atom is -0.384 e. The number of carbonyl (C=O) groups excluding carboxylic acids is 1. The van der Waals surface area contributed by atoms with Gasteiger partial charge in [-0.15, -0.1) is 0 Å². The first kappa shape index (κ1) is 15.5. The lowest BCUT2D eigenvalue weighted by Gasteiger charge is -2.27. The van der Waals surface area contributed by atoms with Gasteiger partial charge >= 0.3 is 0 Å². The number of amides is 1. The highest BCUT2D eigenvalue weighted by Gasteiger charge is 2.31. The van der Waals surface area contributed by atoms with Crippen LogP contribution in [0.4, 0.5) is 4.39 Å². The number of aliphatic hydroxyl groups excluding tert-OH is 1. The number of nitrogens with zero attached hydrogens (tertiary/aromatic N) is 1. The summed E-state index contributed by atoms with van der Waals surface area (Å²) < 4.78 is 19.5. The third kappa shape index (κ3) is 3.41. The quantitative estimate of drug-likeness (QED) is 0.838. The molecule has 1 N–H and O–H groups in total. The van der Waals surface area contributed by atoms with Crippen LogP contribution >= 0.6 is 0 Å². The van der Waals surface area contributed by atoms with E-state index in [0.717, 1.165) is 6.42 Å². The van der Waals surface area contributed by atoms with Crippen molar-refractivity contribution in [1.29, 1.82) is 0 Å². The molecule has 2 rings (SSSR count). The Kier molecular flexibility index (Phi) is 4.94. The molecule has 0 aliphatic carbocycles. The zero-order valence-corrected chi connectivity index (χ0v) is 12.1. The van der Waals surface area contributed by atoms with Gasteiger partial charge in [-0.3, -0.25) is 4.79 Å². The Morgan fingerprint density at radius 2 is 2.33 bits per heavy atom. The van der Waals surface area contributed by atoms with Gasteiger partial charge in [0.25, 0.3) is 5.91 Å². The number of rotatable bonds is 2. The number of hydrogen-bond acceptors (Lipinski definition) is 3. The van der Waals surface area contributed by atoms with Gasteiger partial charge in [-0.2, -0.15) is 0 Å². The molecule has 1 saturated heterocycles. The van der Waals surface area contributed by atoms with Crippen molar-refractivity contribution in [3.63, 3.8) is 0 Å². The predicted octanol–water partition coefficient (Wildman–Crippen LogP) is 1.42. The van der Waals surface area contributed by atoms with Gasteiger partial charge in [0.2, 0.25) is 0 Å². The predicted molar refractivity (Wildman–Crippen MR) is 76.3 cm³/mol. The van der Waals surface area contributed by atoms with Crippen LogP contribution < -0.4 is 0 Å². The fraction of sp³-hybridized carbons (Fsp3) is 0.438. The fourth-order valence-corrected chi connectivity index (χ4v) is 2.48. The Morgan fingerprint density at radius 3 is 2.90 bits per heavy atom. The van der Waals surface area contributed by atoms with E-state index in [1.54, 1.807) is 13.1 Å². The van der Waals surface area contributed by atoms with E-state index in [9.17, 15) is 9.18 Å². The van der Waals surface area contributed by atoms with E-state index in [-0.39, 0.29) is 30.2 Å². The molecular weight excluding hydrogens is 273 g/mol. The maximum absolute atomic E-state index is 14.1. The van der Waals surface area contributed by atoms with Gasteiger partial charge in [-0.05, 0) is 31.5 Å². The molecule has 1 heterocycles. The molecule has 5 heteroatoms. The summed E-state index contributed by atoms with van der Waals surface area (Å²) in [5.74, 6) is 4.08. The number of aliphatic hydroxyl groups is 1. The average Bonchev–Trinajstić information content (AvgIpc) is 2.90. The third-order valence-corrected chi connectivity index (χ3v) is 3.67. The summed E-state index contributed by atoms with van der Waals surface area (Å²) in [4.78, 5) is 13.9. The summed E-state index contributed by atoms with van der Waals surface area (Å²) in [6, 6.07) is 4.17. The fourth-order valence-electron chi connectivity index (χ4n) is 2.48. The Balaban J connectivity index is 2.19. The molecule has 1 aliphatic heterocycles. The molecule has 0 bridgehead atoms. The van der Waals surface area contributed by atoms with Crippen LogP contribution in [-0.2, 0) is 4.74 Å². The third-order valence-electron chi connectivity index (χ3n) is 3.67. The first-order valence-electron chi connectivity index (χ1n) is 6.82. The van der Waals surface area contributed by atoms with E-state index < -0.39 is 5.82 Å². The van der Waals surface area contributed by atoms with E-state index in [2.05, 4.69) is 11.8 Å². The summed E-state index contributed by atoms with van der Waals surface area (Å²) in [5.41, 5.74) is 0.449. The molecule has 1 aliphatic rings. The Bertz CT molecular complexity index is 591. The number of hydrogen-bond donors (Lipinski definition) is 1. The first-order valence-corrected chi connectivity index (χ1v) is 6.82. The maximum atomic E-state index is 14.1. The van der Waals surface area contributed by atoms with Crippen molar-refractivity contribution in [3.8, 4) is 11.8 Å². The van der Waals surface area contributed by atoms with Crippen LogP contribution in [0.2, 0.25) is 0 Å². The molecule has 0 radical (unpaired) electrons. The monoisotopic (exact) mass is 291 g/mol. The van der Waals surface area contributed by atoms with Crippen LogP contribution in [0.25, 0.3) is 0 Å². The van der Waals surface area contributed by atoms with Gasteiger partial charge in [0, 0.05) is 19.2 Å². The highest BCUT2D eigenvalue weighted by atomic mass is 19.1. The minimum atomic E-state index is -0.608. The second-order valence-electron chi connectivity index (χ2n) is 5.00. The molecule has 0 aromatic heterocycles. The number of ether oxygens (including phenoxy) is 1. The van der Waals surface area contributed by atoms with E-state index in [0.29, 0.717) is 12.2 Å². The molecule has 1 amide bonds. The zero-order valence-electron chi connectivity index (χ0n) is 12.1. The largest absolute Gasteiger partial charge is 0.384 e. The highest BCUT2D eigenvalue weighted by Crippen LogP contribution is 2.21. The van der Waals surface area contributed by atoms with Gasteiger partial charge in [-0.25, -0.2) is 4.39 Å². The van der Waals surface area contributed by atoms with Crippen molar-refractivity contribution in [2.45, 2.75) is 25.5 Å². The average molecular weight is 291 g/mol. The molecule has 4 nitrogen and oxygen atoms in total. The summed E-state index contributed by atoms with van der Waals surface area (Å²) in [6.45, 7) is 2.23. The summed E-state index contributed by atoms with van der Waals surface area (Å²) >= 11 is 0. The van der Waals surface area contributed by atoms with Crippen molar-refractivity contribution < 1.29 is 19.0 Å². The van der Waals surface area contributed by atoms with Crippen molar-refractivity contribution in [2.75, 3.05) is 20.3 Å². The van der Waals surface area contributed by atoms with Crippen LogP contribution in [-0.4, -0.2) is 48.3 Å². The maximum Gasteiger partial charge on any atom is 0.256 e. The summed E-state index contributed by atoms with van der Waals surface area (Å²) in [5, 5.41) is 8.62. The van der Waals surface area contributed by atoms with Crippen molar-refractivity contribution in [3.05, 3.63) is 35.1 Å². The highest BCUT2D eigenvalue weighted by molar-refractivity contribution is 5.94. The van der Waals surface area contributed by atoms with Crippen LogP contribution in [0.5, 0.6) is 0 Å². The lowest BCUT2D eigenvalue weighted by molar-refractivity contribution is 0.0571. The normalized spacial score (nSPS) is 20.8. The van der Waals surface area contributed by atoms with Gasteiger partial charge < -0.3 is 14.7 Å². The van der Waals surface area contributed by atoms with Crippen molar-refractivity contribution >= 4 is 5.91 Å². The number of benzene rings is 1. The van der Waals surface area contributed by atoms with Crippen LogP contribution in [0.3, 0.4) is 0 Å².